The van der Waals surface area contributed by atoms with Gasteiger partial charge in [0.2, 0.25) is 0 Å². The van der Waals surface area contributed by atoms with E-state index in [1.165, 1.54) is 0 Å². The Bertz CT molecular complexity index is 1020. The van der Waals surface area contributed by atoms with Gasteiger partial charge in [-0.25, -0.2) is 0 Å². The van der Waals surface area contributed by atoms with Crippen LogP contribution in [0.25, 0.3) is 30.1 Å². The molecule has 0 aromatic heterocycles. The lowest BCUT2D eigenvalue weighted by Gasteiger charge is -2.07. The maximum atomic E-state index is 11.5. The number of aldehydes is 1. The SMILES string of the molecule is O=CC1=c2ccccc2=Cc2c3c(ccc2=C1)=COC=C3. The Labute approximate surface area is 121 Å². The van der Waals surface area contributed by atoms with E-state index < -0.39 is 0 Å². The quantitative estimate of drug-likeness (QED) is 0.702. The van der Waals surface area contributed by atoms with Crippen molar-refractivity contribution in [2.75, 3.05) is 0 Å². The van der Waals surface area contributed by atoms with Crippen molar-refractivity contribution >= 4 is 36.3 Å². The van der Waals surface area contributed by atoms with Gasteiger partial charge in [-0.1, -0.05) is 36.4 Å². The van der Waals surface area contributed by atoms with E-state index in [4.69, 9.17) is 4.74 Å². The zero-order chi connectivity index (χ0) is 14.2. The minimum Gasteiger partial charge on any atom is -0.472 e. The molecule has 2 aromatic rings. The average Bonchev–Trinajstić information content (AvgIpc) is 2.71. The normalized spacial score (nSPS) is 14.2. The summed E-state index contributed by atoms with van der Waals surface area (Å²) < 4.78 is 5.24. The summed E-state index contributed by atoms with van der Waals surface area (Å²) >= 11 is 0. The molecule has 0 saturated carbocycles. The van der Waals surface area contributed by atoms with E-state index >= 15 is 0 Å². The molecule has 0 saturated heterocycles. The molecule has 0 bridgehead atoms. The molecule has 0 unspecified atom stereocenters. The first kappa shape index (κ1) is 11.9. The van der Waals surface area contributed by atoms with E-state index in [1.54, 1.807) is 12.5 Å². The Hall–Kier alpha value is -2.87. The van der Waals surface area contributed by atoms with Gasteiger partial charge in [-0.15, -0.1) is 0 Å². The van der Waals surface area contributed by atoms with Crippen LogP contribution < -0.4 is 20.9 Å². The zero-order valence-electron chi connectivity index (χ0n) is 11.2. The van der Waals surface area contributed by atoms with Crippen molar-refractivity contribution in [1.82, 2.24) is 0 Å². The summed E-state index contributed by atoms with van der Waals surface area (Å²) in [5.41, 5.74) is 2.95. The van der Waals surface area contributed by atoms with E-state index in [0.717, 1.165) is 38.3 Å². The van der Waals surface area contributed by atoms with E-state index in [2.05, 4.69) is 6.08 Å². The molecule has 2 nitrogen and oxygen atoms in total. The number of hydrogen-bond donors (Lipinski definition) is 0. The number of rotatable bonds is 1. The molecule has 0 fully saturated rings. The topological polar surface area (TPSA) is 26.3 Å². The minimum atomic E-state index is 0.709. The fraction of sp³-hybridized carbons (Fsp3) is 0. The van der Waals surface area contributed by atoms with Gasteiger partial charge in [0.05, 0.1) is 12.5 Å². The molecule has 1 heterocycles. The van der Waals surface area contributed by atoms with Crippen molar-refractivity contribution < 1.29 is 9.53 Å². The van der Waals surface area contributed by atoms with Gasteiger partial charge in [-0.2, -0.15) is 0 Å². The zero-order valence-corrected chi connectivity index (χ0v) is 11.2. The van der Waals surface area contributed by atoms with Crippen LogP contribution in [-0.2, 0) is 9.53 Å². The standard InChI is InChI=1S/C19H12O2/c20-11-16-9-14-5-6-15-12-21-8-7-18(15)19(14)10-13-3-1-2-4-17(13)16/h1-12H. The Morgan fingerprint density at radius 2 is 1.71 bits per heavy atom. The summed E-state index contributed by atoms with van der Waals surface area (Å²) in [6.45, 7) is 0. The highest BCUT2D eigenvalue weighted by molar-refractivity contribution is 6.12. The second-order valence-electron chi connectivity index (χ2n) is 5.08. The summed E-state index contributed by atoms with van der Waals surface area (Å²) in [4.78, 5) is 11.5. The summed E-state index contributed by atoms with van der Waals surface area (Å²) in [6, 6.07) is 12.0. The van der Waals surface area contributed by atoms with Crippen LogP contribution >= 0.6 is 0 Å². The molecule has 21 heavy (non-hydrogen) atoms. The number of ether oxygens (including phenoxy) is 1. The first-order chi connectivity index (χ1) is 10.4. The van der Waals surface area contributed by atoms with Crippen molar-refractivity contribution in [1.29, 1.82) is 0 Å². The number of hydrogen-bond acceptors (Lipinski definition) is 2. The Kier molecular flexibility index (Phi) is 2.61. The van der Waals surface area contributed by atoms with Gasteiger partial charge in [0.15, 0.2) is 6.29 Å². The lowest BCUT2D eigenvalue weighted by atomic mass is 10.0. The second kappa shape index (κ2) is 4.60. The monoisotopic (exact) mass is 272 g/mol. The summed E-state index contributed by atoms with van der Waals surface area (Å²) in [5, 5.41) is 4.13. The molecule has 2 aromatic carbocycles. The largest absolute Gasteiger partial charge is 0.472 e. The maximum Gasteiger partial charge on any atom is 0.150 e. The van der Waals surface area contributed by atoms with E-state index in [1.807, 2.05) is 48.6 Å². The molecular weight excluding hydrogens is 260 g/mol. The molecule has 2 aliphatic rings. The smallest absolute Gasteiger partial charge is 0.150 e. The third-order valence-corrected chi connectivity index (χ3v) is 3.87. The third kappa shape index (κ3) is 1.84. The number of fused-ring (bicyclic) bond motifs is 4. The predicted octanol–water partition coefficient (Wildman–Crippen LogP) is 0.398. The van der Waals surface area contributed by atoms with E-state index in [0.29, 0.717) is 5.57 Å². The van der Waals surface area contributed by atoms with Crippen LogP contribution in [0.3, 0.4) is 0 Å². The van der Waals surface area contributed by atoms with Gasteiger partial charge in [-0.05, 0) is 45.0 Å². The molecule has 100 valence electrons. The molecule has 0 N–H and O–H groups in total. The predicted molar refractivity (Wildman–Crippen MR) is 83.5 cm³/mol. The van der Waals surface area contributed by atoms with E-state index in [9.17, 15) is 4.79 Å². The van der Waals surface area contributed by atoms with Crippen LogP contribution in [0, 0.1) is 0 Å². The molecule has 1 aliphatic heterocycles. The Morgan fingerprint density at radius 3 is 2.62 bits per heavy atom. The van der Waals surface area contributed by atoms with Gasteiger partial charge in [-0.3, -0.25) is 4.79 Å². The number of carbonyl (C=O) groups is 1. The van der Waals surface area contributed by atoms with Crippen LogP contribution in [-0.4, -0.2) is 6.29 Å². The summed E-state index contributed by atoms with van der Waals surface area (Å²) in [7, 11) is 0. The summed E-state index contributed by atoms with van der Waals surface area (Å²) in [5.74, 6) is 0. The lowest BCUT2D eigenvalue weighted by molar-refractivity contribution is -0.103. The second-order valence-corrected chi connectivity index (χ2v) is 5.08. The molecule has 0 radical (unpaired) electrons. The first-order valence-corrected chi connectivity index (χ1v) is 6.80. The fourth-order valence-electron chi connectivity index (χ4n) is 2.85. The van der Waals surface area contributed by atoms with Gasteiger partial charge in [0.1, 0.15) is 0 Å². The third-order valence-electron chi connectivity index (χ3n) is 3.87. The molecular formula is C19H12O2. The first-order valence-electron chi connectivity index (χ1n) is 6.80. The maximum absolute atomic E-state index is 11.5. The molecule has 1 aliphatic carbocycles. The van der Waals surface area contributed by atoms with Crippen molar-refractivity contribution in [3.63, 3.8) is 0 Å². The Balaban J connectivity index is 2.23. The van der Waals surface area contributed by atoms with Crippen LogP contribution in [0.1, 0.15) is 11.1 Å². The highest BCUT2D eigenvalue weighted by atomic mass is 16.5. The number of carbonyl (C=O) groups excluding carboxylic acids is 1. The van der Waals surface area contributed by atoms with Crippen molar-refractivity contribution in [3.05, 3.63) is 74.7 Å². The van der Waals surface area contributed by atoms with Gasteiger partial charge in [0, 0.05) is 10.8 Å². The van der Waals surface area contributed by atoms with Crippen molar-refractivity contribution in [2.45, 2.75) is 0 Å². The van der Waals surface area contributed by atoms with Gasteiger partial charge in [0.25, 0.3) is 0 Å². The Morgan fingerprint density at radius 1 is 0.857 bits per heavy atom. The van der Waals surface area contributed by atoms with Gasteiger partial charge < -0.3 is 4.74 Å². The fourth-order valence-corrected chi connectivity index (χ4v) is 2.85. The number of benzene rings is 2. The average molecular weight is 272 g/mol. The minimum absolute atomic E-state index is 0.709. The molecule has 0 spiro atoms. The molecule has 2 heteroatoms. The highest BCUT2D eigenvalue weighted by Gasteiger charge is 2.08. The van der Waals surface area contributed by atoms with Crippen LogP contribution in [0.15, 0.2) is 42.7 Å². The molecule has 0 amide bonds. The van der Waals surface area contributed by atoms with Crippen LogP contribution in [0.4, 0.5) is 0 Å². The highest BCUT2D eigenvalue weighted by Crippen LogP contribution is 2.08. The van der Waals surface area contributed by atoms with Gasteiger partial charge >= 0.3 is 0 Å². The van der Waals surface area contributed by atoms with Crippen LogP contribution in [0.2, 0.25) is 0 Å². The molecule has 0 atom stereocenters. The van der Waals surface area contributed by atoms with Crippen LogP contribution in [0.5, 0.6) is 0 Å². The van der Waals surface area contributed by atoms with Crippen molar-refractivity contribution in [3.8, 4) is 0 Å². The lowest BCUT2D eigenvalue weighted by Crippen LogP contribution is -2.26. The summed E-state index contributed by atoms with van der Waals surface area (Å²) in [6.07, 6.45) is 10.4. The van der Waals surface area contributed by atoms with E-state index in [-0.39, 0.29) is 0 Å². The van der Waals surface area contributed by atoms with Crippen molar-refractivity contribution in [2.24, 2.45) is 0 Å². The molecule has 4 rings (SSSR count).